The van der Waals surface area contributed by atoms with Crippen molar-refractivity contribution in [1.29, 1.82) is 0 Å². The third-order valence-corrected chi connectivity index (χ3v) is 2.37. The second kappa shape index (κ2) is 8.37. The van der Waals surface area contributed by atoms with Gasteiger partial charge in [-0.2, -0.15) is 0 Å². The van der Waals surface area contributed by atoms with Crippen LogP contribution in [0.1, 0.15) is 19.8 Å². The Balaban J connectivity index is 0.000000292. The van der Waals surface area contributed by atoms with E-state index >= 15 is 0 Å². The number of aliphatic hydroxyl groups is 1. The molecule has 0 radical (unpaired) electrons. The van der Waals surface area contributed by atoms with Gasteiger partial charge in [-0.15, -0.1) is 0 Å². The van der Waals surface area contributed by atoms with Gasteiger partial charge in [-0.1, -0.05) is 48.1 Å². The van der Waals surface area contributed by atoms with Crippen molar-refractivity contribution in [3.63, 3.8) is 0 Å². The Kier molecular flexibility index (Phi) is 8.40. The van der Waals surface area contributed by atoms with E-state index in [4.69, 9.17) is 39.9 Å². The Hall–Kier alpha value is 0.0500. The molecule has 0 aromatic heterocycles. The third-order valence-electron chi connectivity index (χ3n) is 1.39. The molecular weight excluding hydrogens is 242 g/mol. The maximum Gasteiger partial charge on any atom is 0.0607 e. The minimum absolute atomic E-state index is 0.344. The first-order chi connectivity index (χ1) is 6.61. The molecule has 0 saturated heterocycles. The van der Waals surface area contributed by atoms with E-state index in [9.17, 15) is 0 Å². The first-order valence-electron chi connectivity index (χ1n) is 4.33. The van der Waals surface area contributed by atoms with Crippen molar-refractivity contribution in [2.75, 3.05) is 6.61 Å². The fourth-order valence-corrected chi connectivity index (χ4v) is 1.15. The monoisotopic (exact) mass is 254 g/mol. The van der Waals surface area contributed by atoms with Crippen LogP contribution in [-0.4, -0.2) is 11.7 Å². The molecule has 0 aliphatic carbocycles. The molecule has 0 bridgehead atoms. The molecule has 0 amide bonds. The lowest BCUT2D eigenvalue weighted by molar-refractivity contribution is 0.287. The lowest BCUT2D eigenvalue weighted by Gasteiger charge is -1.92. The predicted molar refractivity (Wildman–Crippen MR) is 63.5 cm³/mol. The highest BCUT2D eigenvalue weighted by Crippen LogP contribution is 2.24. The number of hydrogen-bond donors (Lipinski definition) is 1. The zero-order chi connectivity index (χ0) is 11.0. The fraction of sp³-hybridized carbons (Fsp3) is 0.400. The first kappa shape index (κ1) is 14.1. The molecule has 1 aromatic rings. The number of hydrogen-bond acceptors (Lipinski definition) is 1. The second-order valence-electron chi connectivity index (χ2n) is 2.64. The van der Waals surface area contributed by atoms with Crippen molar-refractivity contribution in [3.8, 4) is 0 Å². The summed E-state index contributed by atoms with van der Waals surface area (Å²) < 4.78 is 0. The van der Waals surface area contributed by atoms with Crippen LogP contribution in [0.5, 0.6) is 0 Å². The summed E-state index contributed by atoms with van der Waals surface area (Å²) in [6.07, 6.45) is 2.04. The van der Waals surface area contributed by atoms with E-state index in [1.54, 1.807) is 18.2 Å². The Bertz CT molecular complexity index is 262. The maximum absolute atomic E-state index is 8.07. The molecule has 4 heteroatoms. The number of rotatable bonds is 2. The molecule has 0 heterocycles. The molecule has 0 atom stereocenters. The van der Waals surface area contributed by atoms with Gasteiger partial charge in [0, 0.05) is 11.6 Å². The van der Waals surface area contributed by atoms with Crippen molar-refractivity contribution in [3.05, 3.63) is 33.3 Å². The van der Waals surface area contributed by atoms with Gasteiger partial charge in [0.2, 0.25) is 0 Å². The Morgan fingerprint density at radius 1 is 1.14 bits per heavy atom. The molecule has 14 heavy (non-hydrogen) atoms. The molecule has 1 nitrogen and oxygen atoms in total. The minimum Gasteiger partial charge on any atom is -0.396 e. The minimum atomic E-state index is 0.344. The van der Waals surface area contributed by atoms with Crippen molar-refractivity contribution in [1.82, 2.24) is 0 Å². The summed E-state index contributed by atoms with van der Waals surface area (Å²) in [5.74, 6) is 0. The summed E-state index contributed by atoms with van der Waals surface area (Å²) in [6.45, 7) is 2.40. The second-order valence-corrected chi connectivity index (χ2v) is 3.89. The van der Waals surface area contributed by atoms with Crippen LogP contribution < -0.4 is 0 Å². The van der Waals surface area contributed by atoms with Crippen LogP contribution in [-0.2, 0) is 0 Å². The molecule has 1 N–H and O–H groups in total. The summed E-state index contributed by atoms with van der Waals surface area (Å²) in [5.41, 5.74) is 0. The van der Waals surface area contributed by atoms with Gasteiger partial charge in [-0.05, 0) is 24.6 Å². The average molecular weight is 256 g/mol. The first-order valence-corrected chi connectivity index (χ1v) is 5.46. The van der Waals surface area contributed by atoms with Crippen LogP contribution in [0, 0.1) is 0 Å². The van der Waals surface area contributed by atoms with E-state index < -0.39 is 0 Å². The van der Waals surface area contributed by atoms with Crippen LogP contribution in [0.3, 0.4) is 0 Å². The molecular formula is C10H13Cl3O. The predicted octanol–water partition coefficient (Wildman–Crippen LogP) is 4.43. The fourth-order valence-electron chi connectivity index (χ4n) is 0.629. The lowest BCUT2D eigenvalue weighted by Crippen LogP contribution is -1.75. The Morgan fingerprint density at radius 3 is 2.07 bits per heavy atom. The van der Waals surface area contributed by atoms with Crippen LogP contribution in [0.25, 0.3) is 0 Å². The number of halogens is 3. The zero-order valence-corrected chi connectivity index (χ0v) is 10.2. The third kappa shape index (κ3) is 6.50. The molecule has 1 aromatic carbocycles. The van der Waals surface area contributed by atoms with Gasteiger partial charge in [0.1, 0.15) is 0 Å². The number of unbranched alkanes of at least 4 members (excludes halogenated alkanes) is 1. The Labute approximate surface area is 99.6 Å². The molecule has 1 rings (SSSR count). The van der Waals surface area contributed by atoms with Crippen LogP contribution >= 0.6 is 34.8 Å². The van der Waals surface area contributed by atoms with Gasteiger partial charge in [0.25, 0.3) is 0 Å². The van der Waals surface area contributed by atoms with Crippen molar-refractivity contribution in [2.45, 2.75) is 19.8 Å². The van der Waals surface area contributed by atoms with Gasteiger partial charge >= 0.3 is 0 Å². The molecule has 0 fully saturated rings. The molecule has 0 unspecified atom stereocenters. The highest BCUT2D eigenvalue weighted by atomic mass is 35.5. The van der Waals surface area contributed by atoms with Crippen LogP contribution in [0.15, 0.2) is 18.2 Å². The van der Waals surface area contributed by atoms with E-state index in [1.165, 1.54) is 0 Å². The highest BCUT2D eigenvalue weighted by molar-refractivity contribution is 6.43. The van der Waals surface area contributed by atoms with Crippen molar-refractivity contribution < 1.29 is 5.11 Å². The van der Waals surface area contributed by atoms with Gasteiger partial charge in [0.05, 0.1) is 10.0 Å². The Morgan fingerprint density at radius 2 is 1.79 bits per heavy atom. The summed E-state index contributed by atoms with van der Waals surface area (Å²) in [7, 11) is 0. The average Bonchev–Trinajstić information content (AvgIpc) is 2.14. The molecule has 0 saturated carbocycles. The van der Waals surface area contributed by atoms with Gasteiger partial charge in [-0.25, -0.2) is 0 Å². The van der Waals surface area contributed by atoms with Crippen molar-refractivity contribution >= 4 is 34.8 Å². The van der Waals surface area contributed by atoms with Gasteiger partial charge in [0.15, 0.2) is 0 Å². The normalized spacial score (nSPS) is 9.21. The van der Waals surface area contributed by atoms with E-state index in [2.05, 4.69) is 6.92 Å². The summed E-state index contributed by atoms with van der Waals surface area (Å²) >= 11 is 16.8. The van der Waals surface area contributed by atoms with Crippen LogP contribution in [0.4, 0.5) is 0 Å². The summed E-state index contributed by atoms with van der Waals surface area (Å²) in [5, 5.41) is 9.69. The maximum atomic E-state index is 8.07. The smallest absolute Gasteiger partial charge is 0.0607 e. The molecule has 0 spiro atoms. The van der Waals surface area contributed by atoms with E-state index in [1.807, 2.05) is 0 Å². The van der Waals surface area contributed by atoms with E-state index in [0.717, 1.165) is 12.8 Å². The molecule has 0 aliphatic rings. The number of aliphatic hydroxyl groups excluding tert-OH is 1. The summed E-state index contributed by atoms with van der Waals surface area (Å²) in [4.78, 5) is 0. The van der Waals surface area contributed by atoms with E-state index in [-0.39, 0.29) is 0 Å². The standard InChI is InChI=1S/C6H3Cl3.C4H10O/c7-4-1-2-5(8)6(9)3-4;1-2-3-4-5/h1-3H;5H,2-4H2,1H3. The van der Waals surface area contributed by atoms with E-state index in [0.29, 0.717) is 21.7 Å². The van der Waals surface area contributed by atoms with Crippen LogP contribution in [0.2, 0.25) is 15.1 Å². The lowest BCUT2D eigenvalue weighted by atomic mass is 10.4. The largest absolute Gasteiger partial charge is 0.396 e. The SMILES string of the molecule is CCCCO.Clc1ccc(Cl)c(Cl)c1. The van der Waals surface area contributed by atoms with Crippen molar-refractivity contribution in [2.24, 2.45) is 0 Å². The molecule has 0 aliphatic heterocycles. The highest BCUT2D eigenvalue weighted by Gasteiger charge is 1.94. The molecule has 80 valence electrons. The topological polar surface area (TPSA) is 20.2 Å². The number of benzene rings is 1. The summed E-state index contributed by atoms with van der Waals surface area (Å²) in [6, 6.07) is 4.95. The van der Waals surface area contributed by atoms with Gasteiger partial charge in [-0.3, -0.25) is 0 Å². The zero-order valence-electron chi connectivity index (χ0n) is 7.93. The quantitative estimate of drug-likeness (QED) is 0.775. The van der Waals surface area contributed by atoms with Gasteiger partial charge < -0.3 is 5.11 Å².